The van der Waals surface area contributed by atoms with Gasteiger partial charge < -0.3 is 19.8 Å². The van der Waals surface area contributed by atoms with Crippen molar-refractivity contribution in [3.05, 3.63) is 58.8 Å². The molecular formula is C25H30N2O3. The third-order valence-electron chi connectivity index (χ3n) is 5.77. The lowest BCUT2D eigenvalue weighted by atomic mass is 9.85. The molecule has 5 heteroatoms. The Morgan fingerprint density at radius 3 is 2.70 bits per heavy atom. The SMILES string of the molecule is COc1ccc2[nH]c3c(c2c1)CC(NC(=O)COc1ccc(C)cc1C(C)(C)C)C3. The number of amides is 1. The minimum atomic E-state index is -0.0903. The summed E-state index contributed by atoms with van der Waals surface area (Å²) in [5.41, 5.74) is 5.83. The van der Waals surface area contributed by atoms with Gasteiger partial charge in [0.15, 0.2) is 6.61 Å². The summed E-state index contributed by atoms with van der Waals surface area (Å²) in [5, 5.41) is 4.30. The Morgan fingerprint density at radius 2 is 1.97 bits per heavy atom. The number of hydrogen-bond donors (Lipinski definition) is 2. The Kier molecular flexibility index (Phi) is 5.22. The molecule has 0 aliphatic heterocycles. The van der Waals surface area contributed by atoms with E-state index in [9.17, 15) is 4.79 Å². The molecule has 1 aliphatic rings. The third-order valence-corrected chi connectivity index (χ3v) is 5.77. The van der Waals surface area contributed by atoms with Crippen molar-refractivity contribution in [1.29, 1.82) is 0 Å². The van der Waals surface area contributed by atoms with E-state index in [1.807, 2.05) is 24.3 Å². The van der Waals surface area contributed by atoms with Gasteiger partial charge in [-0.2, -0.15) is 0 Å². The summed E-state index contributed by atoms with van der Waals surface area (Å²) in [4.78, 5) is 16.1. The zero-order chi connectivity index (χ0) is 21.5. The molecule has 2 N–H and O–H groups in total. The number of fused-ring (bicyclic) bond motifs is 3. The van der Waals surface area contributed by atoms with Crippen LogP contribution in [-0.2, 0) is 23.1 Å². The number of benzene rings is 2. The highest BCUT2D eigenvalue weighted by atomic mass is 16.5. The molecule has 2 aromatic carbocycles. The normalized spacial score (nSPS) is 15.8. The number of aromatic amines is 1. The molecule has 1 aliphatic carbocycles. The van der Waals surface area contributed by atoms with Crippen LogP contribution in [0.15, 0.2) is 36.4 Å². The van der Waals surface area contributed by atoms with Crippen molar-refractivity contribution in [3.63, 3.8) is 0 Å². The number of aromatic nitrogens is 1. The summed E-state index contributed by atoms with van der Waals surface area (Å²) in [6.45, 7) is 8.55. The molecular weight excluding hydrogens is 376 g/mol. The fourth-order valence-electron chi connectivity index (χ4n) is 4.25. The lowest BCUT2D eigenvalue weighted by Crippen LogP contribution is -2.38. The molecule has 1 amide bonds. The summed E-state index contributed by atoms with van der Waals surface area (Å²) in [5.74, 6) is 1.53. The molecule has 1 atom stereocenters. The van der Waals surface area contributed by atoms with Crippen LogP contribution in [0.1, 0.15) is 43.2 Å². The predicted molar refractivity (Wildman–Crippen MR) is 120 cm³/mol. The van der Waals surface area contributed by atoms with E-state index in [-0.39, 0.29) is 24.0 Å². The Labute approximate surface area is 177 Å². The van der Waals surface area contributed by atoms with Gasteiger partial charge in [0.1, 0.15) is 11.5 Å². The molecule has 1 aromatic heterocycles. The van der Waals surface area contributed by atoms with Gasteiger partial charge in [-0.05, 0) is 54.2 Å². The zero-order valence-corrected chi connectivity index (χ0v) is 18.4. The van der Waals surface area contributed by atoms with Crippen LogP contribution in [0.4, 0.5) is 0 Å². The number of rotatable bonds is 5. The van der Waals surface area contributed by atoms with E-state index in [0.717, 1.165) is 35.4 Å². The van der Waals surface area contributed by atoms with Crippen LogP contribution in [0.5, 0.6) is 11.5 Å². The van der Waals surface area contributed by atoms with E-state index >= 15 is 0 Å². The van der Waals surface area contributed by atoms with Gasteiger partial charge in [0.05, 0.1) is 7.11 Å². The monoisotopic (exact) mass is 406 g/mol. The van der Waals surface area contributed by atoms with Gasteiger partial charge in [0.25, 0.3) is 5.91 Å². The highest BCUT2D eigenvalue weighted by Gasteiger charge is 2.27. The summed E-state index contributed by atoms with van der Waals surface area (Å²) in [6.07, 6.45) is 1.61. The molecule has 0 fully saturated rings. The molecule has 158 valence electrons. The summed E-state index contributed by atoms with van der Waals surface area (Å²) in [6, 6.07) is 12.3. The topological polar surface area (TPSA) is 63.3 Å². The minimum Gasteiger partial charge on any atom is -0.497 e. The number of aryl methyl sites for hydroxylation is 1. The standard InChI is InChI=1S/C25H30N2O3/c1-15-6-9-23(20(10-15)25(2,3)4)30-14-24(28)26-16-11-18-19-13-17(29-5)7-8-21(19)27-22(18)12-16/h6-10,13,16,27H,11-12,14H2,1-5H3,(H,26,28). The number of ether oxygens (including phenoxy) is 2. The maximum atomic E-state index is 12.6. The Morgan fingerprint density at radius 1 is 1.17 bits per heavy atom. The Bertz CT molecular complexity index is 1090. The molecule has 0 radical (unpaired) electrons. The Balaban J connectivity index is 1.40. The van der Waals surface area contributed by atoms with Gasteiger partial charge in [-0.1, -0.05) is 38.5 Å². The molecule has 1 unspecified atom stereocenters. The number of nitrogens with one attached hydrogen (secondary N) is 2. The molecule has 1 heterocycles. The zero-order valence-electron chi connectivity index (χ0n) is 18.4. The smallest absolute Gasteiger partial charge is 0.258 e. The molecule has 0 spiro atoms. The second kappa shape index (κ2) is 7.71. The molecule has 3 aromatic rings. The first-order valence-corrected chi connectivity index (χ1v) is 10.5. The summed E-state index contributed by atoms with van der Waals surface area (Å²) in [7, 11) is 1.68. The first-order valence-electron chi connectivity index (χ1n) is 10.5. The fourth-order valence-corrected chi connectivity index (χ4v) is 4.25. The molecule has 0 saturated heterocycles. The highest BCUT2D eigenvalue weighted by Crippen LogP contribution is 2.33. The Hall–Kier alpha value is -2.95. The van der Waals surface area contributed by atoms with Crippen LogP contribution < -0.4 is 14.8 Å². The van der Waals surface area contributed by atoms with E-state index in [1.54, 1.807) is 7.11 Å². The molecule has 0 saturated carbocycles. The van der Waals surface area contributed by atoms with Crippen LogP contribution in [0, 0.1) is 6.92 Å². The maximum absolute atomic E-state index is 12.6. The highest BCUT2D eigenvalue weighted by molar-refractivity contribution is 5.87. The lowest BCUT2D eigenvalue weighted by molar-refractivity contribution is -0.123. The van der Waals surface area contributed by atoms with Crippen molar-refractivity contribution in [1.82, 2.24) is 10.3 Å². The van der Waals surface area contributed by atoms with Crippen molar-refractivity contribution in [2.75, 3.05) is 13.7 Å². The quantitative estimate of drug-likeness (QED) is 0.658. The molecule has 0 bridgehead atoms. The van der Waals surface area contributed by atoms with Gasteiger partial charge in [-0.15, -0.1) is 0 Å². The van der Waals surface area contributed by atoms with Crippen molar-refractivity contribution < 1.29 is 14.3 Å². The van der Waals surface area contributed by atoms with Crippen LogP contribution in [0.25, 0.3) is 10.9 Å². The number of carbonyl (C=O) groups is 1. The lowest BCUT2D eigenvalue weighted by Gasteiger charge is -2.23. The summed E-state index contributed by atoms with van der Waals surface area (Å²) < 4.78 is 11.3. The van der Waals surface area contributed by atoms with Crippen LogP contribution >= 0.6 is 0 Å². The van der Waals surface area contributed by atoms with E-state index < -0.39 is 0 Å². The summed E-state index contributed by atoms with van der Waals surface area (Å²) >= 11 is 0. The number of hydrogen-bond acceptors (Lipinski definition) is 3. The number of H-pyrrole nitrogens is 1. The number of methoxy groups -OCH3 is 1. The van der Waals surface area contributed by atoms with Gasteiger partial charge in [-0.3, -0.25) is 4.79 Å². The van der Waals surface area contributed by atoms with Crippen molar-refractivity contribution in [2.24, 2.45) is 0 Å². The van der Waals surface area contributed by atoms with Crippen molar-refractivity contribution in [2.45, 2.75) is 52.0 Å². The average Bonchev–Trinajstić information content (AvgIpc) is 3.23. The number of carbonyl (C=O) groups excluding carboxylic acids is 1. The van der Waals surface area contributed by atoms with Gasteiger partial charge in [-0.25, -0.2) is 0 Å². The van der Waals surface area contributed by atoms with Crippen LogP contribution in [0.2, 0.25) is 0 Å². The molecule has 30 heavy (non-hydrogen) atoms. The molecule has 5 nitrogen and oxygen atoms in total. The van der Waals surface area contributed by atoms with Crippen LogP contribution in [-0.4, -0.2) is 30.6 Å². The first-order chi connectivity index (χ1) is 14.2. The second-order valence-electron chi connectivity index (χ2n) is 9.20. The predicted octanol–water partition coefficient (Wildman–Crippen LogP) is 4.44. The largest absolute Gasteiger partial charge is 0.497 e. The average molecular weight is 407 g/mol. The van der Waals surface area contributed by atoms with Gasteiger partial charge in [0.2, 0.25) is 0 Å². The second-order valence-corrected chi connectivity index (χ2v) is 9.20. The van der Waals surface area contributed by atoms with E-state index in [4.69, 9.17) is 9.47 Å². The van der Waals surface area contributed by atoms with E-state index in [2.05, 4.69) is 50.1 Å². The minimum absolute atomic E-state index is 0.0190. The molecule has 4 rings (SSSR count). The van der Waals surface area contributed by atoms with Gasteiger partial charge >= 0.3 is 0 Å². The fraction of sp³-hybridized carbons (Fsp3) is 0.400. The maximum Gasteiger partial charge on any atom is 0.258 e. The first kappa shape index (κ1) is 20.3. The van der Waals surface area contributed by atoms with Crippen LogP contribution in [0.3, 0.4) is 0 Å². The van der Waals surface area contributed by atoms with Crippen molar-refractivity contribution >= 4 is 16.8 Å². The van der Waals surface area contributed by atoms with E-state index in [0.29, 0.717) is 0 Å². The van der Waals surface area contributed by atoms with E-state index in [1.165, 1.54) is 22.2 Å². The third kappa shape index (κ3) is 4.02. The van der Waals surface area contributed by atoms with Crippen molar-refractivity contribution in [3.8, 4) is 11.5 Å². The van der Waals surface area contributed by atoms with Gasteiger partial charge in [0, 0.05) is 29.1 Å².